The molecule has 82 valence electrons. The minimum Gasteiger partial charge on any atom is -0.392 e. The van der Waals surface area contributed by atoms with Crippen LogP contribution in [0, 0.1) is 11.8 Å². The normalized spacial score (nSPS) is 25.4. The van der Waals surface area contributed by atoms with Crippen LogP contribution < -0.4 is 0 Å². The molecule has 1 rings (SSSR count). The Labute approximate surface area is 95.7 Å². The van der Waals surface area contributed by atoms with Gasteiger partial charge < -0.3 is 5.11 Å². The van der Waals surface area contributed by atoms with Crippen LogP contribution in [0.15, 0.2) is 12.7 Å². The third-order valence-corrected chi connectivity index (χ3v) is 6.11. The van der Waals surface area contributed by atoms with E-state index in [-0.39, 0.29) is 12.0 Å². The quantitative estimate of drug-likeness (QED) is 0.753. The van der Waals surface area contributed by atoms with Gasteiger partial charge in [-0.1, -0.05) is 19.9 Å². The summed E-state index contributed by atoms with van der Waals surface area (Å²) in [7, 11) is 0. The van der Waals surface area contributed by atoms with Crippen LogP contribution in [-0.4, -0.2) is 27.3 Å². The Bertz CT molecular complexity index is 178. The fourth-order valence-electron chi connectivity index (χ4n) is 1.59. The smallest absolute Gasteiger partial charge is 0.0644 e. The molecule has 0 radical (unpaired) electrons. The second-order valence-electron chi connectivity index (χ2n) is 3.91. The van der Waals surface area contributed by atoms with Gasteiger partial charge in [-0.05, 0) is 23.8 Å². The summed E-state index contributed by atoms with van der Waals surface area (Å²) in [6, 6.07) is 0. The first-order valence-corrected chi connectivity index (χ1v) is 7.30. The van der Waals surface area contributed by atoms with E-state index in [2.05, 4.69) is 13.5 Å². The molecule has 0 aromatic rings. The van der Waals surface area contributed by atoms with Crippen molar-refractivity contribution in [1.82, 2.24) is 0 Å². The van der Waals surface area contributed by atoms with Crippen molar-refractivity contribution in [3.05, 3.63) is 12.7 Å². The van der Waals surface area contributed by atoms with Crippen molar-refractivity contribution in [2.75, 3.05) is 11.5 Å². The van der Waals surface area contributed by atoms with Crippen LogP contribution in [0.5, 0.6) is 0 Å². The molecule has 3 heteroatoms. The van der Waals surface area contributed by atoms with Crippen molar-refractivity contribution in [1.29, 1.82) is 0 Å². The van der Waals surface area contributed by atoms with E-state index in [1.54, 1.807) is 0 Å². The molecule has 1 nitrogen and oxygen atoms in total. The molecule has 0 aromatic heterocycles. The van der Waals surface area contributed by atoms with Crippen LogP contribution in [0.2, 0.25) is 0 Å². The lowest BCUT2D eigenvalue weighted by molar-refractivity contribution is 0.0901. The summed E-state index contributed by atoms with van der Waals surface area (Å²) in [4.78, 5) is 0. The number of hydrogen-bond acceptors (Lipinski definition) is 3. The predicted molar refractivity (Wildman–Crippen MR) is 67.9 cm³/mol. The minimum atomic E-state index is -0.240. The second kappa shape index (κ2) is 6.09. The predicted octanol–water partition coefficient (Wildman–Crippen LogP) is 3.00. The molecular formula is C11H20OS2. The van der Waals surface area contributed by atoms with Crippen LogP contribution in [0.25, 0.3) is 0 Å². The highest BCUT2D eigenvalue weighted by Gasteiger charge is 2.28. The standard InChI is InChI=1S/C11H20OS2/c1-4-8(2)10(12)9(3)11-13-6-5-7-14-11/h4,8-12H,1,5-7H2,2-3H3/t8-,9+,10+/m1/s1. The first-order valence-electron chi connectivity index (χ1n) is 5.20. The van der Waals surface area contributed by atoms with Gasteiger partial charge in [-0.2, -0.15) is 0 Å². The lowest BCUT2D eigenvalue weighted by Crippen LogP contribution is -2.31. The summed E-state index contributed by atoms with van der Waals surface area (Å²) in [6.07, 6.45) is 2.92. The average molecular weight is 232 g/mol. The molecule has 0 amide bonds. The third kappa shape index (κ3) is 3.21. The summed E-state index contributed by atoms with van der Waals surface area (Å²) < 4.78 is 0.571. The van der Waals surface area contributed by atoms with Crippen molar-refractivity contribution < 1.29 is 5.11 Å². The molecule has 0 aromatic carbocycles. The molecule has 1 fully saturated rings. The van der Waals surface area contributed by atoms with Gasteiger partial charge in [0.05, 0.1) is 10.7 Å². The van der Waals surface area contributed by atoms with E-state index >= 15 is 0 Å². The molecule has 0 unspecified atom stereocenters. The summed E-state index contributed by atoms with van der Waals surface area (Å²) in [5.74, 6) is 3.06. The molecule has 1 aliphatic rings. The Kier molecular flexibility index (Phi) is 5.42. The van der Waals surface area contributed by atoms with Crippen molar-refractivity contribution in [2.24, 2.45) is 11.8 Å². The number of aliphatic hydroxyl groups excluding tert-OH is 1. The van der Waals surface area contributed by atoms with Crippen LogP contribution in [0.3, 0.4) is 0 Å². The number of aliphatic hydroxyl groups is 1. The van der Waals surface area contributed by atoms with Gasteiger partial charge in [0, 0.05) is 5.92 Å². The van der Waals surface area contributed by atoms with Crippen molar-refractivity contribution in [2.45, 2.75) is 31.0 Å². The van der Waals surface area contributed by atoms with Crippen LogP contribution in [-0.2, 0) is 0 Å². The topological polar surface area (TPSA) is 20.2 Å². The molecule has 0 saturated carbocycles. The molecule has 0 bridgehead atoms. The van der Waals surface area contributed by atoms with Gasteiger partial charge in [0.1, 0.15) is 0 Å². The maximum absolute atomic E-state index is 10.0. The Morgan fingerprint density at radius 1 is 1.36 bits per heavy atom. The summed E-state index contributed by atoms with van der Waals surface area (Å²) in [5.41, 5.74) is 0. The fraction of sp³-hybridized carbons (Fsp3) is 0.818. The molecule has 1 saturated heterocycles. The van der Waals surface area contributed by atoms with Crippen LogP contribution in [0.4, 0.5) is 0 Å². The summed E-state index contributed by atoms with van der Waals surface area (Å²) in [6.45, 7) is 7.92. The zero-order valence-corrected chi connectivity index (χ0v) is 10.6. The van der Waals surface area contributed by atoms with Gasteiger partial charge in [-0.25, -0.2) is 0 Å². The summed E-state index contributed by atoms with van der Waals surface area (Å²) >= 11 is 3.99. The molecule has 0 spiro atoms. The molecule has 1 aliphatic heterocycles. The fourth-order valence-corrected chi connectivity index (χ4v) is 4.75. The van der Waals surface area contributed by atoms with Gasteiger partial charge in [-0.15, -0.1) is 30.1 Å². The molecule has 14 heavy (non-hydrogen) atoms. The van der Waals surface area contributed by atoms with Gasteiger partial charge in [0.25, 0.3) is 0 Å². The van der Waals surface area contributed by atoms with Gasteiger partial charge >= 0.3 is 0 Å². The average Bonchev–Trinajstić information content (AvgIpc) is 2.27. The Morgan fingerprint density at radius 3 is 2.43 bits per heavy atom. The highest BCUT2D eigenvalue weighted by molar-refractivity contribution is 8.17. The first-order chi connectivity index (χ1) is 6.66. The van der Waals surface area contributed by atoms with Gasteiger partial charge in [0.2, 0.25) is 0 Å². The number of hydrogen-bond donors (Lipinski definition) is 1. The first kappa shape index (κ1) is 12.5. The number of rotatable bonds is 4. The Balaban J connectivity index is 2.45. The third-order valence-electron chi connectivity index (χ3n) is 2.73. The monoisotopic (exact) mass is 232 g/mol. The van der Waals surface area contributed by atoms with Gasteiger partial charge in [-0.3, -0.25) is 0 Å². The second-order valence-corrected chi connectivity index (χ2v) is 6.71. The van der Waals surface area contributed by atoms with E-state index in [0.29, 0.717) is 10.5 Å². The van der Waals surface area contributed by atoms with Crippen LogP contribution in [0.1, 0.15) is 20.3 Å². The van der Waals surface area contributed by atoms with E-state index < -0.39 is 0 Å². The molecule has 1 heterocycles. The van der Waals surface area contributed by atoms with E-state index in [1.807, 2.05) is 36.5 Å². The largest absolute Gasteiger partial charge is 0.392 e. The maximum atomic E-state index is 10.0. The van der Waals surface area contributed by atoms with E-state index in [4.69, 9.17) is 0 Å². The minimum absolute atomic E-state index is 0.202. The van der Waals surface area contributed by atoms with E-state index in [0.717, 1.165) is 0 Å². The zero-order chi connectivity index (χ0) is 10.6. The molecule has 0 aliphatic carbocycles. The summed E-state index contributed by atoms with van der Waals surface area (Å²) in [5, 5.41) is 10.0. The molecule has 3 atom stereocenters. The zero-order valence-electron chi connectivity index (χ0n) is 8.98. The Morgan fingerprint density at radius 2 is 1.93 bits per heavy atom. The highest BCUT2D eigenvalue weighted by atomic mass is 32.2. The van der Waals surface area contributed by atoms with E-state index in [1.165, 1.54) is 17.9 Å². The Hall–Kier alpha value is 0.400. The maximum Gasteiger partial charge on any atom is 0.0644 e. The molecular weight excluding hydrogens is 212 g/mol. The highest BCUT2D eigenvalue weighted by Crippen LogP contribution is 2.38. The van der Waals surface area contributed by atoms with Crippen molar-refractivity contribution in [3.8, 4) is 0 Å². The van der Waals surface area contributed by atoms with Crippen molar-refractivity contribution >= 4 is 23.5 Å². The molecule has 1 N–H and O–H groups in total. The van der Waals surface area contributed by atoms with Crippen LogP contribution >= 0.6 is 23.5 Å². The lowest BCUT2D eigenvalue weighted by Gasteiger charge is -2.31. The SMILES string of the molecule is C=C[C@@H](C)[C@H](O)[C@H](C)C1SCCCS1. The van der Waals surface area contributed by atoms with Gasteiger partial charge in [0.15, 0.2) is 0 Å². The van der Waals surface area contributed by atoms with Crippen molar-refractivity contribution in [3.63, 3.8) is 0 Å². The van der Waals surface area contributed by atoms with E-state index in [9.17, 15) is 5.11 Å². The lowest BCUT2D eigenvalue weighted by atomic mass is 9.95. The number of thioether (sulfide) groups is 2.